The Kier molecular flexibility index (Phi) is 4.32. The molecular formula is C13H16N2O3S2. The van der Waals surface area contributed by atoms with Crippen molar-refractivity contribution in [3.05, 3.63) is 41.3 Å². The number of aliphatic hydroxyl groups is 1. The minimum atomic E-state index is -3.61. The van der Waals surface area contributed by atoms with Crippen molar-refractivity contribution in [1.29, 1.82) is 0 Å². The summed E-state index contributed by atoms with van der Waals surface area (Å²) in [6.07, 6.45) is 0. The first-order valence-electron chi connectivity index (χ1n) is 5.92. The number of sulfonamides is 1. The lowest BCUT2D eigenvalue weighted by atomic mass is 10.3. The van der Waals surface area contributed by atoms with Gasteiger partial charge in [0, 0.05) is 24.7 Å². The van der Waals surface area contributed by atoms with E-state index in [1.807, 2.05) is 25.1 Å². The van der Waals surface area contributed by atoms with Gasteiger partial charge >= 0.3 is 0 Å². The number of thiophene rings is 1. The summed E-state index contributed by atoms with van der Waals surface area (Å²) in [6, 6.07) is 10.3. The molecule has 2 aromatic rings. The number of aliphatic hydroxyl groups excluding tert-OH is 1. The summed E-state index contributed by atoms with van der Waals surface area (Å²) >= 11 is 1.06. The van der Waals surface area contributed by atoms with E-state index in [0.29, 0.717) is 10.6 Å². The fourth-order valence-electron chi connectivity index (χ4n) is 1.64. The normalized spacial score (nSPS) is 11.3. The van der Waals surface area contributed by atoms with Gasteiger partial charge in [0.2, 0.25) is 0 Å². The molecule has 2 N–H and O–H groups in total. The second kappa shape index (κ2) is 5.82. The molecule has 0 radical (unpaired) electrons. The fourth-order valence-corrected chi connectivity index (χ4v) is 3.91. The number of anilines is 2. The third kappa shape index (κ3) is 3.30. The Morgan fingerprint density at radius 3 is 2.60 bits per heavy atom. The molecule has 0 spiro atoms. The monoisotopic (exact) mass is 312 g/mol. The lowest BCUT2D eigenvalue weighted by Gasteiger charge is -2.14. The van der Waals surface area contributed by atoms with E-state index in [2.05, 4.69) is 4.72 Å². The number of hydrogen-bond acceptors (Lipinski definition) is 5. The van der Waals surface area contributed by atoms with Crippen LogP contribution < -0.4 is 9.62 Å². The molecule has 0 aliphatic carbocycles. The predicted molar refractivity (Wildman–Crippen MR) is 81.8 cm³/mol. The van der Waals surface area contributed by atoms with Crippen molar-refractivity contribution in [2.75, 3.05) is 23.7 Å². The minimum Gasteiger partial charge on any atom is -0.391 e. The standard InChI is InChI=1S/C13H16N2O3S2/c1-15(2)11-5-3-4-10(8-11)14-20(17,18)13-7-6-12(9-16)19-13/h3-8,14,16H,9H2,1-2H3. The zero-order chi connectivity index (χ0) is 14.8. The van der Waals surface area contributed by atoms with Gasteiger partial charge in [-0.05, 0) is 30.3 Å². The molecule has 0 saturated carbocycles. The van der Waals surface area contributed by atoms with Gasteiger partial charge in [-0.2, -0.15) is 0 Å². The summed E-state index contributed by atoms with van der Waals surface area (Å²) < 4.78 is 27.2. The molecule has 0 amide bonds. The van der Waals surface area contributed by atoms with Gasteiger partial charge in [-0.1, -0.05) is 6.07 Å². The van der Waals surface area contributed by atoms with Crippen molar-refractivity contribution >= 4 is 32.7 Å². The number of nitrogens with one attached hydrogen (secondary N) is 1. The summed E-state index contributed by atoms with van der Waals surface area (Å²) in [4.78, 5) is 2.51. The highest BCUT2D eigenvalue weighted by Gasteiger charge is 2.17. The molecule has 0 unspecified atom stereocenters. The molecule has 2 rings (SSSR count). The number of nitrogens with zero attached hydrogens (tertiary/aromatic N) is 1. The minimum absolute atomic E-state index is 0.156. The van der Waals surface area contributed by atoms with Gasteiger partial charge in [-0.25, -0.2) is 8.42 Å². The van der Waals surface area contributed by atoms with Crippen LogP contribution in [0.25, 0.3) is 0 Å². The number of benzene rings is 1. The maximum atomic E-state index is 12.2. The van der Waals surface area contributed by atoms with E-state index in [1.165, 1.54) is 6.07 Å². The summed E-state index contributed by atoms with van der Waals surface area (Å²) in [5, 5.41) is 8.99. The average Bonchev–Trinajstić information content (AvgIpc) is 2.88. The van der Waals surface area contributed by atoms with Crippen molar-refractivity contribution in [3.63, 3.8) is 0 Å². The van der Waals surface area contributed by atoms with Crippen LogP contribution in [0.2, 0.25) is 0 Å². The fraction of sp³-hybridized carbons (Fsp3) is 0.231. The summed E-state index contributed by atoms with van der Waals surface area (Å²) in [5.41, 5.74) is 1.42. The van der Waals surface area contributed by atoms with Gasteiger partial charge in [-0.3, -0.25) is 4.72 Å². The van der Waals surface area contributed by atoms with Crippen molar-refractivity contribution in [1.82, 2.24) is 0 Å². The van der Waals surface area contributed by atoms with Gasteiger partial charge in [-0.15, -0.1) is 11.3 Å². The molecule has 0 aliphatic heterocycles. The van der Waals surface area contributed by atoms with Crippen molar-refractivity contribution in [2.45, 2.75) is 10.8 Å². The highest BCUT2D eigenvalue weighted by atomic mass is 32.2. The quantitative estimate of drug-likeness (QED) is 0.887. The second-order valence-electron chi connectivity index (χ2n) is 4.43. The van der Waals surface area contributed by atoms with Crippen LogP contribution in [0, 0.1) is 0 Å². The molecule has 0 saturated heterocycles. The van der Waals surface area contributed by atoms with Crippen molar-refractivity contribution in [3.8, 4) is 0 Å². The largest absolute Gasteiger partial charge is 0.391 e. The zero-order valence-corrected chi connectivity index (χ0v) is 12.8. The molecule has 7 heteroatoms. The molecule has 1 aromatic carbocycles. The van der Waals surface area contributed by atoms with Crippen LogP contribution in [0.4, 0.5) is 11.4 Å². The van der Waals surface area contributed by atoms with Crippen LogP contribution in [0.1, 0.15) is 4.88 Å². The Balaban J connectivity index is 2.26. The molecular weight excluding hydrogens is 296 g/mol. The lowest BCUT2D eigenvalue weighted by molar-refractivity contribution is 0.285. The van der Waals surface area contributed by atoms with E-state index < -0.39 is 10.0 Å². The van der Waals surface area contributed by atoms with Crippen molar-refractivity contribution in [2.24, 2.45) is 0 Å². The Morgan fingerprint density at radius 2 is 2.00 bits per heavy atom. The highest BCUT2D eigenvalue weighted by Crippen LogP contribution is 2.25. The summed E-state index contributed by atoms with van der Waals surface area (Å²) in [7, 11) is 0.172. The molecule has 0 fully saturated rings. The number of hydrogen-bond donors (Lipinski definition) is 2. The molecule has 0 bridgehead atoms. The molecule has 108 valence electrons. The van der Waals surface area contributed by atoms with Crippen molar-refractivity contribution < 1.29 is 13.5 Å². The van der Waals surface area contributed by atoms with Crippen LogP contribution in [0.5, 0.6) is 0 Å². The molecule has 1 aromatic heterocycles. The summed E-state index contributed by atoms with van der Waals surface area (Å²) in [6.45, 7) is -0.156. The highest BCUT2D eigenvalue weighted by molar-refractivity contribution is 7.94. The molecule has 1 heterocycles. The van der Waals surface area contributed by atoms with E-state index in [0.717, 1.165) is 17.0 Å². The zero-order valence-electron chi connectivity index (χ0n) is 11.2. The topological polar surface area (TPSA) is 69.6 Å². The molecule has 20 heavy (non-hydrogen) atoms. The Hall–Kier alpha value is -1.57. The first-order chi connectivity index (χ1) is 9.42. The summed E-state index contributed by atoms with van der Waals surface area (Å²) in [5.74, 6) is 0. The van der Waals surface area contributed by atoms with Gasteiger partial charge in [0.1, 0.15) is 4.21 Å². The van der Waals surface area contributed by atoms with Crippen LogP contribution in [0.3, 0.4) is 0 Å². The lowest BCUT2D eigenvalue weighted by Crippen LogP contribution is -2.13. The van der Waals surface area contributed by atoms with Gasteiger partial charge in [0.05, 0.1) is 12.3 Å². The van der Waals surface area contributed by atoms with E-state index in [4.69, 9.17) is 5.11 Å². The van der Waals surface area contributed by atoms with Crippen LogP contribution in [0.15, 0.2) is 40.6 Å². The predicted octanol–water partition coefficient (Wildman–Crippen LogP) is 2.11. The maximum absolute atomic E-state index is 12.2. The Morgan fingerprint density at radius 1 is 1.25 bits per heavy atom. The van der Waals surface area contributed by atoms with Crippen LogP contribution >= 0.6 is 11.3 Å². The Bertz CT molecular complexity index is 693. The maximum Gasteiger partial charge on any atom is 0.271 e. The Labute approximate surface area is 122 Å². The van der Waals surface area contributed by atoms with Crippen LogP contribution in [-0.4, -0.2) is 27.6 Å². The van der Waals surface area contributed by atoms with Crippen LogP contribution in [-0.2, 0) is 16.6 Å². The SMILES string of the molecule is CN(C)c1cccc(NS(=O)(=O)c2ccc(CO)s2)c1. The third-order valence-corrected chi connectivity index (χ3v) is 5.62. The van der Waals surface area contributed by atoms with Gasteiger partial charge < -0.3 is 10.0 Å². The number of rotatable bonds is 5. The first-order valence-corrected chi connectivity index (χ1v) is 8.22. The molecule has 0 aliphatic rings. The van der Waals surface area contributed by atoms with Gasteiger partial charge in [0.15, 0.2) is 0 Å². The van der Waals surface area contributed by atoms with E-state index in [9.17, 15) is 8.42 Å². The van der Waals surface area contributed by atoms with E-state index in [1.54, 1.807) is 24.3 Å². The molecule has 0 atom stereocenters. The third-order valence-electron chi connectivity index (χ3n) is 2.67. The van der Waals surface area contributed by atoms with Gasteiger partial charge in [0.25, 0.3) is 10.0 Å². The smallest absolute Gasteiger partial charge is 0.271 e. The van der Waals surface area contributed by atoms with E-state index >= 15 is 0 Å². The average molecular weight is 312 g/mol. The molecule has 5 nitrogen and oxygen atoms in total. The van der Waals surface area contributed by atoms with E-state index in [-0.39, 0.29) is 10.8 Å². The first kappa shape index (κ1) is 14.8. The second-order valence-corrected chi connectivity index (χ2v) is 7.51.